The van der Waals surface area contributed by atoms with E-state index >= 15 is 0 Å². The third-order valence-corrected chi connectivity index (χ3v) is 7.64. The van der Waals surface area contributed by atoms with Crippen LogP contribution in [0.1, 0.15) is 42.5 Å². The van der Waals surface area contributed by atoms with E-state index in [2.05, 4.69) is 4.72 Å². The van der Waals surface area contributed by atoms with Crippen LogP contribution in [0, 0.1) is 5.92 Å². The fraction of sp³-hybridized carbons (Fsp3) is 0.417. The van der Waals surface area contributed by atoms with E-state index in [-0.39, 0.29) is 16.7 Å². The number of hydrogen-bond donors (Lipinski definition) is 1. The molecular weight excluding hydrogens is 426 g/mol. The summed E-state index contributed by atoms with van der Waals surface area (Å²) in [7, 11) is -3.72. The van der Waals surface area contributed by atoms with Crippen molar-refractivity contribution < 1.29 is 18.0 Å². The molecule has 2 amide bonds. The van der Waals surface area contributed by atoms with E-state index in [1.165, 1.54) is 12.1 Å². The van der Waals surface area contributed by atoms with Crippen LogP contribution in [0.5, 0.6) is 0 Å². The molecule has 0 aromatic heterocycles. The van der Waals surface area contributed by atoms with E-state index in [0.717, 1.165) is 38.8 Å². The number of sulfonamides is 1. The average molecular weight is 456 g/mol. The molecule has 0 unspecified atom stereocenters. The Morgan fingerprint density at radius 3 is 2.25 bits per heavy atom. The van der Waals surface area contributed by atoms with Crippen molar-refractivity contribution in [2.45, 2.75) is 37.0 Å². The van der Waals surface area contributed by atoms with Crippen molar-refractivity contribution in [3.8, 4) is 0 Å². The molecule has 0 atom stereocenters. The maximum atomic E-state index is 13.0. The highest BCUT2D eigenvalue weighted by Crippen LogP contribution is 2.25. The third-order valence-electron chi connectivity index (χ3n) is 6.24. The smallest absolute Gasteiger partial charge is 0.261 e. The predicted octanol–water partition coefficient (Wildman–Crippen LogP) is 3.35. The summed E-state index contributed by atoms with van der Waals surface area (Å²) in [6.07, 6.45) is 4.38. The number of likely N-dealkylation sites (tertiary alicyclic amines) is 2. The highest BCUT2D eigenvalue weighted by molar-refractivity contribution is 7.92. The van der Waals surface area contributed by atoms with Gasteiger partial charge in [0.25, 0.3) is 15.9 Å². The van der Waals surface area contributed by atoms with Gasteiger partial charge in [-0.05, 0) is 61.9 Å². The minimum absolute atomic E-state index is 0.116. The van der Waals surface area contributed by atoms with Crippen LogP contribution >= 0.6 is 0 Å². The molecule has 0 aliphatic carbocycles. The van der Waals surface area contributed by atoms with Gasteiger partial charge in [-0.2, -0.15) is 0 Å². The lowest BCUT2D eigenvalue weighted by Gasteiger charge is -2.32. The maximum absolute atomic E-state index is 13.0. The van der Waals surface area contributed by atoms with Crippen LogP contribution in [-0.2, 0) is 14.8 Å². The zero-order chi connectivity index (χ0) is 22.6. The second-order valence-corrected chi connectivity index (χ2v) is 10.2. The number of carbonyl (C=O) groups excluding carboxylic acids is 2. The fourth-order valence-electron chi connectivity index (χ4n) is 4.39. The number of piperidine rings is 1. The van der Waals surface area contributed by atoms with E-state index in [0.29, 0.717) is 36.7 Å². The van der Waals surface area contributed by atoms with E-state index in [1.807, 2.05) is 4.90 Å². The molecule has 0 bridgehead atoms. The van der Waals surface area contributed by atoms with Crippen molar-refractivity contribution in [3.05, 3.63) is 60.2 Å². The van der Waals surface area contributed by atoms with Crippen LogP contribution < -0.4 is 4.72 Å². The molecule has 2 saturated heterocycles. The van der Waals surface area contributed by atoms with Crippen molar-refractivity contribution in [2.24, 2.45) is 5.92 Å². The molecular formula is C24H29N3O4S. The third kappa shape index (κ3) is 5.30. The molecule has 0 radical (unpaired) electrons. The number of rotatable bonds is 6. The van der Waals surface area contributed by atoms with Gasteiger partial charge in [0.1, 0.15) is 0 Å². The van der Waals surface area contributed by atoms with E-state index in [1.54, 1.807) is 47.4 Å². The van der Waals surface area contributed by atoms with Gasteiger partial charge in [-0.25, -0.2) is 8.42 Å². The van der Waals surface area contributed by atoms with Gasteiger partial charge in [0, 0.05) is 43.9 Å². The Balaban J connectivity index is 1.34. The van der Waals surface area contributed by atoms with Crippen LogP contribution in [0.15, 0.2) is 59.5 Å². The number of nitrogens with one attached hydrogen (secondary N) is 1. The molecule has 2 aromatic carbocycles. The summed E-state index contributed by atoms with van der Waals surface area (Å²) in [5.74, 6) is 0.442. The molecule has 0 spiro atoms. The van der Waals surface area contributed by atoms with Crippen LogP contribution in [0.4, 0.5) is 5.69 Å². The number of nitrogens with zero attached hydrogens (tertiary/aromatic N) is 2. The first kappa shape index (κ1) is 22.3. The first-order valence-corrected chi connectivity index (χ1v) is 12.7. The van der Waals surface area contributed by atoms with Gasteiger partial charge in [-0.15, -0.1) is 0 Å². The highest BCUT2D eigenvalue weighted by atomic mass is 32.2. The topological polar surface area (TPSA) is 86.8 Å². The number of benzene rings is 2. The fourth-order valence-corrected chi connectivity index (χ4v) is 5.47. The Morgan fingerprint density at radius 1 is 0.875 bits per heavy atom. The molecule has 2 aromatic rings. The molecule has 4 rings (SSSR count). The van der Waals surface area contributed by atoms with Gasteiger partial charge in [0.2, 0.25) is 5.91 Å². The lowest BCUT2D eigenvalue weighted by atomic mass is 9.92. The van der Waals surface area contributed by atoms with Crippen molar-refractivity contribution in [3.63, 3.8) is 0 Å². The highest BCUT2D eigenvalue weighted by Gasteiger charge is 2.27. The predicted molar refractivity (Wildman–Crippen MR) is 123 cm³/mol. The molecule has 0 saturated carbocycles. The molecule has 1 N–H and O–H groups in total. The zero-order valence-corrected chi connectivity index (χ0v) is 18.9. The van der Waals surface area contributed by atoms with Crippen molar-refractivity contribution >= 4 is 27.5 Å². The molecule has 8 heteroatoms. The summed E-state index contributed by atoms with van der Waals surface area (Å²) in [5, 5.41) is 0. The van der Waals surface area contributed by atoms with Crippen LogP contribution in [-0.4, -0.2) is 56.2 Å². The van der Waals surface area contributed by atoms with Gasteiger partial charge in [0.05, 0.1) is 4.90 Å². The summed E-state index contributed by atoms with van der Waals surface area (Å²) >= 11 is 0. The summed E-state index contributed by atoms with van der Waals surface area (Å²) in [6.45, 7) is 2.97. The van der Waals surface area contributed by atoms with Crippen LogP contribution in [0.2, 0.25) is 0 Å². The summed E-state index contributed by atoms with van der Waals surface area (Å²) in [5.41, 5.74) is 0.802. The number of amides is 2. The van der Waals surface area contributed by atoms with Crippen LogP contribution in [0.3, 0.4) is 0 Å². The number of anilines is 1. The minimum atomic E-state index is -3.72. The quantitative estimate of drug-likeness (QED) is 0.724. The normalized spacial score (nSPS) is 17.4. The number of hydrogen-bond acceptors (Lipinski definition) is 4. The second-order valence-electron chi connectivity index (χ2n) is 8.53. The van der Waals surface area contributed by atoms with Gasteiger partial charge < -0.3 is 9.80 Å². The Morgan fingerprint density at radius 2 is 1.56 bits per heavy atom. The zero-order valence-electron chi connectivity index (χ0n) is 18.1. The Labute approximate surface area is 189 Å². The Hall–Kier alpha value is -2.87. The molecule has 32 heavy (non-hydrogen) atoms. The monoisotopic (exact) mass is 455 g/mol. The Bertz CT molecular complexity index is 1060. The molecule has 2 fully saturated rings. The van der Waals surface area contributed by atoms with E-state index in [9.17, 15) is 18.0 Å². The maximum Gasteiger partial charge on any atom is 0.261 e. The molecule has 2 aliphatic heterocycles. The first-order chi connectivity index (χ1) is 15.4. The van der Waals surface area contributed by atoms with Crippen molar-refractivity contribution in [2.75, 3.05) is 30.9 Å². The first-order valence-electron chi connectivity index (χ1n) is 11.2. The lowest BCUT2D eigenvalue weighted by molar-refractivity contribution is -0.131. The second kappa shape index (κ2) is 9.73. The molecule has 170 valence electrons. The lowest BCUT2D eigenvalue weighted by Crippen LogP contribution is -2.40. The van der Waals surface area contributed by atoms with Gasteiger partial charge in [-0.1, -0.05) is 24.3 Å². The number of carbonyl (C=O) groups is 2. The standard InChI is InChI=1S/C24H29N3O4S/c28-23(26-13-4-5-14-26)17-19-11-15-27(16-12-19)24(29)20-7-6-8-21(18-20)25-32(30,31)22-9-2-1-3-10-22/h1-3,6-10,18-19,25H,4-5,11-17H2. The molecule has 2 heterocycles. The molecule has 2 aliphatic rings. The summed E-state index contributed by atoms with van der Waals surface area (Å²) in [4.78, 5) is 29.3. The Kier molecular flexibility index (Phi) is 6.79. The van der Waals surface area contributed by atoms with Gasteiger partial charge in [0.15, 0.2) is 0 Å². The largest absolute Gasteiger partial charge is 0.343 e. The SMILES string of the molecule is O=C(CC1CCN(C(=O)c2cccc(NS(=O)(=O)c3ccccc3)c2)CC1)N1CCCC1. The van der Waals surface area contributed by atoms with Gasteiger partial charge in [-0.3, -0.25) is 14.3 Å². The van der Waals surface area contributed by atoms with Gasteiger partial charge >= 0.3 is 0 Å². The van der Waals surface area contributed by atoms with E-state index < -0.39 is 10.0 Å². The summed E-state index contributed by atoms with van der Waals surface area (Å²) < 4.78 is 27.7. The van der Waals surface area contributed by atoms with Crippen molar-refractivity contribution in [1.29, 1.82) is 0 Å². The average Bonchev–Trinajstić information content (AvgIpc) is 3.35. The van der Waals surface area contributed by atoms with Crippen LogP contribution in [0.25, 0.3) is 0 Å². The van der Waals surface area contributed by atoms with Crippen molar-refractivity contribution in [1.82, 2.24) is 9.80 Å². The molecule has 7 nitrogen and oxygen atoms in total. The summed E-state index contributed by atoms with van der Waals surface area (Å²) in [6, 6.07) is 14.7. The minimum Gasteiger partial charge on any atom is -0.343 e. The van der Waals surface area contributed by atoms with E-state index in [4.69, 9.17) is 0 Å².